The first kappa shape index (κ1) is 15.5. The molecule has 0 bridgehead atoms. The fourth-order valence-corrected chi connectivity index (χ4v) is 3.75. The maximum Gasteiger partial charge on any atom is 0.264 e. The molecule has 4 nitrogen and oxygen atoms in total. The van der Waals surface area contributed by atoms with Crippen LogP contribution in [0.25, 0.3) is 0 Å². The zero-order chi connectivity index (χ0) is 15.6. The molecule has 0 spiro atoms. The van der Waals surface area contributed by atoms with Crippen molar-refractivity contribution in [1.82, 2.24) is 0 Å². The van der Waals surface area contributed by atoms with Crippen molar-refractivity contribution in [2.75, 3.05) is 11.4 Å². The SMILES string of the molecule is Cc1cc(C)cc(N(C)S(=O)(=O)c2ccccc2CN)c1. The van der Waals surface area contributed by atoms with Crippen molar-refractivity contribution in [2.24, 2.45) is 5.73 Å². The average molecular weight is 304 g/mol. The zero-order valence-electron chi connectivity index (χ0n) is 12.5. The van der Waals surface area contributed by atoms with E-state index in [0.29, 0.717) is 11.3 Å². The van der Waals surface area contributed by atoms with Gasteiger partial charge in [-0.05, 0) is 48.7 Å². The summed E-state index contributed by atoms with van der Waals surface area (Å²) in [5, 5.41) is 0. The molecule has 0 saturated heterocycles. The van der Waals surface area contributed by atoms with Crippen LogP contribution in [-0.4, -0.2) is 15.5 Å². The van der Waals surface area contributed by atoms with Gasteiger partial charge >= 0.3 is 0 Å². The summed E-state index contributed by atoms with van der Waals surface area (Å²) >= 11 is 0. The highest BCUT2D eigenvalue weighted by molar-refractivity contribution is 7.92. The Bertz CT molecular complexity index is 734. The Labute approximate surface area is 126 Å². The van der Waals surface area contributed by atoms with Gasteiger partial charge in [0.15, 0.2) is 0 Å². The van der Waals surface area contributed by atoms with Gasteiger partial charge in [-0.25, -0.2) is 8.42 Å². The molecule has 0 amide bonds. The lowest BCUT2D eigenvalue weighted by Gasteiger charge is -2.22. The molecular formula is C16H20N2O2S. The van der Waals surface area contributed by atoms with E-state index in [-0.39, 0.29) is 11.4 Å². The molecule has 0 atom stereocenters. The highest BCUT2D eigenvalue weighted by Crippen LogP contribution is 2.26. The maximum atomic E-state index is 12.8. The Morgan fingerprint density at radius 1 is 1.05 bits per heavy atom. The summed E-state index contributed by atoms with van der Waals surface area (Å²) < 4.78 is 26.9. The Morgan fingerprint density at radius 2 is 1.62 bits per heavy atom. The number of rotatable bonds is 4. The average Bonchev–Trinajstić information content (AvgIpc) is 2.45. The van der Waals surface area contributed by atoms with Crippen molar-refractivity contribution in [2.45, 2.75) is 25.3 Å². The molecule has 0 radical (unpaired) electrons. The second kappa shape index (κ2) is 5.87. The number of nitrogens with zero attached hydrogens (tertiary/aromatic N) is 1. The van der Waals surface area contributed by atoms with E-state index >= 15 is 0 Å². The number of benzene rings is 2. The van der Waals surface area contributed by atoms with E-state index in [1.165, 1.54) is 4.31 Å². The molecule has 0 aliphatic rings. The molecule has 0 aromatic heterocycles. The molecule has 0 fully saturated rings. The quantitative estimate of drug-likeness (QED) is 0.944. The summed E-state index contributed by atoms with van der Waals surface area (Å²) in [4.78, 5) is 0.258. The van der Waals surface area contributed by atoms with Crippen molar-refractivity contribution >= 4 is 15.7 Å². The molecule has 0 aliphatic carbocycles. The molecule has 21 heavy (non-hydrogen) atoms. The number of nitrogens with two attached hydrogens (primary N) is 1. The summed E-state index contributed by atoms with van der Waals surface area (Å²) in [5.74, 6) is 0. The number of anilines is 1. The van der Waals surface area contributed by atoms with E-state index in [1.54, 1.807) is 31.3 Å². The van der Waals surface area contributed by atoms with E-state index in [0.717, 1.165) is 11.1 Å². The second-order valence-corrected chi connectivity index (χ2v) is 7.07. The second-order valence-electron chi connectivity index (χ2n) is 5.13. The Kier molecular flexibility index (Phi) is 4.34. The van der Waals surface area contributed by atoms with Crippen LogP contribution in [0.1, 0.15) is 16.7 Å². The van der Waals surface area contributed by atoms with Gasteiger partial charge in [-0.1, -0.05) is 24.3 Å². The van der Waals surface area contributed by atoms with Gasteiger partial charge in [0.05, 0.1) is 10.6 Å². The van der Waals surface area contributed by atoms with Gasteiger partial charge in [0.25, 0.3) is 10.0 Å². The largest absolute Gasteiger partial charge is 0.326 e. The highest BCUT2D eigenvalue weighted by Gasteiger charge is 2.23. The number of hydrogen-bond donors (Lipinski definition) is 1. The molecule has 0 saturated carbocycles. The monoisotopic (exact) mass is 304 g/mol. The van der Waals surface area contributed by atoms with Crippen LogP contribution in [0, 0.1) is 13.8 Å². The van der Waals surface area contributed by atoms with E-state index in [4.69, 9.17) is 5.73 Å². The van der Waals surface area contributed by atoms with Crippen LogP contribution >= 0.6 is 0 Å². The molecular weight excluding hydrogens is 284 g/mol. The van der Waals surface area contributed by atoms with Crippen LogP contribution in [0.15, 0.2) is 47.4 Å². The maximum absolute atomic E-state index is 12.8. The van der Waals surface area contributed by atoms with Crippen LogP contribution < -0.4 is 10.0 Å². The van der Waals surface area contributed by atoms with E-state index in [2.05, 4.69) is 0 Å². The summed E-state index contributed by atoms with van der Waals surface area (Å²) in [6.45, 7) is 4.09. The molecule has 2 aromatic rings. The highest BCUT2D eigenvalue weighted by atomic mass is 32.2. The van der Waals surface area contributed by atoms with Crippen molar-refractivity contribution < 1.29 is 8.42 Å². The predicted octanol–water partition coefficient (Wildman–Crippen LogP) is 2.59. The van der Waals surface area contributed by atoms with Crippen LogP contribution in [-0.2, 0) is 16.6 Å². The molecule has 0 heterocycles. The molecule has 2 rings (SSSR count). The van der Waals surface area contributed by atoms with Crippen molar-refractivity contribution in [3.8, 4) is 0 Å². The first-order valence-corrected chi connectivity index (χ1v) is 8.15. The first-order chi connectivity index (χ1) is 9.86. The van der Waals surface area contributed by atoms with E-state index < -0.39 is 10.0 Å². The molecule has 0 unspecified atom stereocenters. The number of sulfonamides is 1. The molecule has 5 heteroatoms. The van der Waals surface area contributed by atoms with Crippen LogP contribution in [0.4, 0.5) is 5.69 Å². The van der Waals surface area contributed by atoms with Gasteiger partial charge in [0.2, 0.25) is 0 Å². The van der Waals surface area contributed by atoms with Crippen LogP contribution in [0.2, 0.25) is 0 Å². The minimum absolute atomic E-state index is 0.191. The summed E-state index contributed by atoms with van der Waals surface area (Å²) in [6, 6.07) is 12.6. The molecule has 2 aromatic carbocycles. The van der Waals surface area contributed by atoms with Gasteiger partial charge < -0.3 is 5.73 Å². The third-order valence-electron chi connectivity index (χ3n) is 3.40. The van der Waals surface area contributed by atoms with Gasteiger partial charge in [-0.3, -0.25) is 4.31 Å². The van der Waals surface area contributed by atoms with Crippen molar-refractivity contribution in [3.05, 3.63) is 59.2 Å². The standard InChI is InChI=1S/C16H20N2O2S/c1-12-8-13(2)10-15(9-12)18(3)21(19,20)16-7-5-4-6-14(16)11-17/h4-10H,11,17H2,1-3H3. The van der Waals surface area contributed by atoms with Crippen molar-refractivity contribution in [3.63, 3.8) is 0 Å². The first-order valence-electron chi connectivity index (χ1n) is 6.71. The number of aryl methyl sites for hydroxylation is 2. The smallest absolute Gasteiger partial charge is 0.264 e. The summed E-state index contributed by atoms with van der Waals surface area (Å²) in [5.41, 5.74) is 8.98. The van der Waals surface area contributed by atoms with E-state index in [9.17, 15) is 8.42 Å². The third-order valence-corrected chi connectivity index (χ3v) is 5.29. The molecule has 0 aliphatic heterocycles. The Morgan fingerprint density at radius 3 is 2.19 bits per heavy atom. The topological polar surface area (TPSA) is 63.4 Å². The summed E-state index contributed by atoms with van der Waals surface area (Å²) in [6.07, 6.45) is 0. The lowest BCUT2D eigenvalue weighted by molar-refractivity contribution is 0.593. The molecule has 2 N–H and O–H groups in total. The Hall–Kier alpha value is -1.85. The van der Waals surface area contributed by atoms with Gasteiger partial charge in [0.1, 0.15) is 0 Å². The van der Waals surface area contributed by atoms with E-state index in [1.807, 2.05) is 32.0 Å². The lowest BCUT2D eigenvalue weighted by atomic mass is 10.1. The van der Waals surface area contributed by atoms with Gasteiger partial charge in [-0.15, -0.1) is 0 Å². The minimum Gasteiger partial charge on any atom is -0.326 e. The van der Waals surface area contributed by atoms with Crippen LogP contribution in [0.3, 0.4) is 0 Å². The van der Waals surface area contributed by atoms with Crippen LogP contribution in [0.5, 0.6) is 0 Å². The predicted molar refractivity (Wildman–Crippen MR) is 85.8 cm³/mol. The minimum atomic E-state index is -3.61. The fraction of sp³-hybridized carbons (Fsp3) is 0.250. The van der Waals surface area contributed by atoms with Gasteiger partial charge in [0, 0.05) is 13.6 Å². The molecule has 112 valence electrons. The lowest BCUT2D eigenvalue weighted by Crippen LogP contribution is -2.28. The van der Waals surface area contributed by atoms with Crippen molar-refractivity contribution in [1.29, 1.82) is 0 Å². The van der Waals surface area contributed by atoms with Gasteiger partial charge in [-0.2, -0.15) is 0 Å². The summed E-state index contributed by atoms with van der Waals surface area (Å²) in [7, 11) is -2.05. The number of hydrogen-bond acceptors (Lipinski definition) is 3. The third kappa shape index (κ3) is 3.09. The fourth-order valence-electron chi connectivity index (χ4n) is 2.34. The normalized spacial score (nSPS) is 11.4. The zero-order valence-corrected chi connectivity index (χ0v) is 13.3. The Balaban J connectivity index is 2.52.